The van der Waals surface area contributed by atoms with Crippen molar-refractivity contribution < 1.29 is 4.74 Å². The van der Waals surface area contributed by atoms with Gasteiger partial charge in [0.05, 0.1) is 6.26 Å². The Morgan fingerprint density at radius 1 is 0.909 bits per heavy atom. The van der Waals surface area contributed by atoms with E-state index < -0.39 is 0 Å². The minimum Gasteiger partial charge on any atom is -0.465 e. The van der Waals surface area contributed by atoms with E-state index in [0.29, 0.717) is 0 Å². The van der Waals surface area contributed by atoms with Gasteiger partial charge in [-0.3, -0.25) is 4.90 Å². The van der Waals surface area contributed by atoms with Gasteiger partial charge < -0.3 is 4.74 Å². The van der Waals surface area contributed by atoms with Crippen LogP contribution in [0.15, 0.2) is 66.9 Å². The molecule has 112 valence electrons. The summed E-state index contributed by atoms with van der Waals surface area (Å²) in [7, 11) is 0. The van der Waals surface area contributed by atoms with E-state index in [4.69, 9.17) is 4.74 Å². The van der Waals surface area contributed by atoms with Crippen LogP contribution < -0.4 is 4.74 Å². The fourth-order valence-corrected chi connectivity index (χ4v) is 3.70. The zero-order chi connectivity index (χ0) is 14.8. The van der Waals surface area contributed by atoms with Crippen LogP contribution in [0.25, 0.3) is 0 Å². The van der Waals surface area contributed by atoms with Crippen molar-refractivity contribution in [2.45, 2.75) is 24.8 Å². The second-order valence-electron chi connectivity index (χ2n) is 6.33. The Morgan fingerprint density at radius 2 is 1.64 bits per heavy atom. The van der Waals surface area contributed by atoms with Crippen LogP contribution in [-0.2, 0) is 12.0 Å². The van der Waals surface area contributed by atoms with E-state index in [-0.39, 0.29) is 5.41 Å². The minimum absolute atomic E-state index is 0.169. The highest BCUT2D eigenvalue weighted by atomic mass is 16.5. The van der Waals surface area contributed by atoms with Crippen LogP contribution >= 0.6 is 0 Å². The second kappa shape index (κ2) is 5.62. The summed E-state index contributed by atoms with van der Waals surface area (Å²) in [4.78, 5) is 2.56. The molecule has 2 heterocycles. The van der Waals surface area contributed by atoms with Crippen molar-refractivity contribution in [3.05, 3.63) is 78.1 Å². The van der Waals surface area contributed by atoms with Gasteiger partial charge in [-0.05, 0) is 43.6 Å². The molecule has 1 spiro atoms. The molecule has 0 aromatic heterocycles. The number of ether oxygens (including phenoxy) is 1. The van der Waals surface area contributed by atoms with Crippen molar-refractivity contribution in [1.82, 2.24) is 4.90 Å². The van der Waals surface area contributed by atoms with E-state index in [1.54, 1.807) is 0 Å². The van der Waals surface area contributed by atoms with Gasteiger partial charge in [0.2, 0.25) is 0 Å². The van der Waals surface area contributed by atoms with Gasteiger partial charge in [-0.2, -0.15) is 0 Å². The molecule has 0 radical (unpaired) electrons. The van der Waals surface area contributed by atoms with E-state index in [0.717, 1.165) is 38.2 Å². The van der Waals surface area contributed by atoms with E-state index >= 15 is 0 Å². The van der Waals surface area contributed by atoms with Crippen molar-refractivity contribution in [3.8, 4) is 5.75 Å². The van der Waals surface area contributed by atoms with E-state index in [2.05, 4.69) is 65.6 Å². The van der Waals surface area contributed by atoms with Crippen molar-refractivity contribution in [1.29, 1.82) is 0 Å². The summed E-state index contributed by atoms with van der Waals surface area (Å²) < 4.78 is 5.68. The zero-order valence-electron chi connectivity index (χ0n) is 12.7. The molecule has 0 unspecified atom stereocenters. The molecule has 4 rings (SSSR count). The molecule has 2 heteroatoms. The summed E-state index contributed by atoms with van der Waals surface area (Å²) >= 11 is 0. The molecule has 2 aliphatic rings. The average molecular weight is 291 g/mol. The molecule has 2 aliphatic heterocycles. The molecule has 2 aromatic rings. The summed E-state index contributed by atoms with van der Waals surface area (Å²) in [5, 5.41) is 0. The summed E-state index contributed by atoms with van der Waals surface area (Å²) in [5.41, 5.74) is 2.93. The molecule has 2 nitrogen and oxygen atoms in total. The standard InChI is InChI=1S/C20H21NO/c1-2-6-17(7-3-1)16-21-13-10-20(11-14-21)12-15-22-19-9-5-4-8-18(19)20/h1-9,12,15H,10-11,13-14,16H2. The highest BCUT2D eigenvalue weighted by Crippen LogP contribution is 2.43. The van der Waals surface area contributed by atoms with Crippen LogP contribution in [-0.4, -0.2) is 18.0 Å². The molecule has 1 fully saturated rings. The quantitative estimate of drug-likeness (QED) is 0.825. The number of para-hydroxylation sites is 1. The molecule has 0 saturated carbocycles. The topological polar surface area (TPSA) is 12.5 Å². The van der Waals surface area contributed by atoms with Crippen molar-refractivity contribution >= 4 is 0 Å². The summed E-state index contributed by atoms with van der Waals surface area (Å²) in [6.07, 6.45) is 6.48. The number of fused-ring (bicyclic) bond motifs is 2. The Hall–Kier alpha value is -2.06. The molecule has 2 aromatic carbocycles. The molecule has 0 amide bonds. The number of likely N-dealkylation sites (tertiary alicyclic amines) is 1. The van der Waals surface area contributed by atoms with Crippen LogP contribution in [0, 0.1) is 0 Å². The fraction of sp³-hybridized carbons (Fsp3) is 0.300. The predicted octanol–water partition coefficient (Wildman–Crippen LogP) is 4.13. The molecular weight excluding hydrogens is 270 g/mol. The zero-order valence-corrected chi connectivity index (χ0v) is 12.7. The number of allylic oxidation sites excluding steroid dienone is 1. The van der Waals surface area contributed by atoms with Gasteiger partial charge in [-0.1, -0.05) is 48.5 Å². The Balaban J connectivity index is 1.50. The molecule has 0 aliphatic carbocycles. The first kappa shape index (κ1) is 13.6. The first-order chi connectivity index (χ1) is 10.9. The third kappa shape index (κ3) is 2.44. The third-order valence-corrected chi connectivity index (χ3v) is 5.00. The maximum absolute atomic E-state index is 5.68. The predicted molar refractivity (Wildman–Crippen MR) is 88.8 cm³/mol. The monoisotopic (exact) mass is 291 g/mol. The van der Waals surface area contributed by atoms with Gasteiger partial charge in [-0.25, -0.2) is 0 Å². The fourth-order valence-electron chi connectivity index (χ4n) is 3.70. The lowest BCUT2D eigenvalue weighted by atomic mass is 9.72. The van der Waals surface area contributed by atoms with Crippen LogP contribution in [0.3, 0.4) is 0 Å². The Bertz CT molecular complexity index is 669. The lowest BCUT2D eigenvalue weighted by molar-refractivity contribution is 0.170. The van der Waals surface area contributed by atoms with Gasteiger partial charge in [0.15, 0.2) is 0 Å². The lowest BCUT2D eigenvalue weighted by Crippen LogP contribution is -2.42. The molecule has 0 bridgehead atoms. The Kier molecular flexibility index (Phi) is 3.47. The maximum Gasteiger partial charge on any atom is 0.130 e. The number of benzene rings is 2. The summed E-state index contributed by atoms with van der Waals surface area (Å²) in [6, 6.07) is 19.2. The van der Waals surface area contributed by atoms with Gasteiger partial charge in [0, 0.05) is 17.5 Å². The van der Waals surface area contributed by atoms with E-state index in [9.17, 15) is 0 Å². The number of piperidine rings is 1. The van der Waals surface area contributed by atoms with Crippen LogP contribution in [0.1, 0.15) is 24.0 Å². The molecule has 0 atom stereocenters. The number of hydrogen-bond donors (Lipinski definition) is 0. The second-order valence-corrected chi connectivity index (χ2v) is 6.33. The first-order valence-electron chi connectivity index (χ1n) is 8.06. The first-order valence-corrected chi connectivity index (χ1v) is 8.06. The lowest BCUT2D eigenvalue weighted by Gasteiger charge is -2.42. The smallest absolute Gasteiger partial charge is 0.130 e. The van der Waals surface area contributed by atoms with Gasteiger partial charge in [0.1, 0.15) is 5.75 Å². The van der Waals surface area contributed by atoms with Gasteiger partial charge in [0.25, 0.3) is 0 Å². The Morgan fingerprint density at radius 3 is 2.45 bits per heavy atom. The van der Waals surface area contributed by atoms with Crippen LogP contribution in [0.4, 0.5) is 0 Å². The number of hydrogen-bond acceptors (Lipinski definition) is 2. The van der Waals surface area contributed by atoms with Gasteiger partial charge >= 0.3 is 0 Å². The molecule has 1 saturated heterocycles. The Labute approximate surface area is 132 Å². The van der Waals surface area contributed by atoms with Crippen molar-refractivity contribution in [3.63, 3.8) is 0 Å². The normalized spacial score (nSPS) is 19.6. The van der Waals surface area contributed by atoms with Crippen LogP contribution in [0.2, 0.25) is 0 Å². The van der Waals surface area contributed by atoms with Crippen molar-refractivity contribution in [2.75, 3.05) is 13.1 Å². The maximum atomic E-state index is 5.68. The third-order valence-electron chi connectivity index (χ3n) is 5.00. The largest absolute Gasteiger partial charge is 0.465 e. The van der Waals surface area contributed by atoms with Crippen molar-refractivity contribution in [2.24, 2.45) is 0 Å². The van der Waals surface area contributed by atoms with E-state index in [1.165, 1.54) is 11.1 Å². The summed E-state index contributed by atoms with van der Waals surface area (Å²) in [6.45, 7) is 3.32. The number of nitrogens with zero attached hydrogens (tertiary/aromatic N) is 1. The van der Waals surface area contributed by atoms with Crippen LogP contribution in [0.5, 0.6) is 5.75 Å². The molecule has 0 N–H and O–H groups in total. The average Bonchev–Trinajstić information content (AvgIpc) is 2.59. The molecular formula is C20H21NO. The van der Waals surface area contributed by atoms with E-state index in [1.807, 2.05) is 6.26 Å². The highest BCUT2D eigenvalue weighted by molar-refractivity contribution is 5.45. The highest BCUT2D eigenvalue weighted by Gasteiger charge is 2.37. The number of rotatable bonds is 2. The summed E-state index contributed by atoms with van der Waals surface area (Å²) in [5.74, 6) is 1.03. The molecule has 22 heavy (non-hydrogen) atoms. The van der Waals surface area contributed by atoms with Gasteiger partial charge in [-0.15, -0.1) is 0 Å². The minimum atomic E-state index is 0.169. The SMILES string of the molecule is C1=CC2(CCN(Cc3ccccc3)CC2)c2ccccc2O1.